The van der Waals surface area contributed by atoms with E-state index in [0.29, 0.717) is 12.0 Å². The Morgan fingerprint density at radius 1 is 1.14 bits per heavy atom. The molecule has 0 bridgehead atoms. The molecule has 3 aromatic rings. The lowest BCUT2D eigenvalue weighted by Gasteiger charge is -2.13. The summed E-state index contributed by atoms with van der Waals surface area (Å²) in [5.74, 6) is 1.57. The van der Waals surface area contributed by atoms with Crippen LogP contribution < -0.4 is 16.0 Å². The molecular weight excluding hydrogens is 276 g/mol. The quantitative estimate of drug-likeness (QED) is 0.690. The average molecular weight is 296 g/mol. The molecule has 3 heterocycles. The fourth-order valence-corrected chi connectivity index (χ4v) is 2.71. The molecule has 1 aliphatic heterocycles. The summed E-state index contributed by atoms with van der Waals surface area (Å²) in [6, 6.07) is 16.4. The highest BCUT2D eigenvalue weighted by Crippen LogP contribution is 2.17. The molecular formula is C16H20N6. The van der Waals surface area contributed by atoms with Crippen LogP contribution in [0.1, 0.15) is 7.85 Å². The van der Waals surface area contributed by atoms with E-state index in [-0.39, 0.29) is 1.43 Å². The third-order valence-electron chi connectivity index (χ3n) is 3.80. The van der Waals surface area contributed by atoms with E-state index < -0.39 is 0 Å². The highest BCUT2D eigenvalue weighted by Gasteiger charge is 2.16. The van der Waals surface area contributed by atoms with Crippen molar-refractivity contribution in [1.29, 1.82) is 0 Å². The van der Waals surface area contributed by atoms with Crippen molar-refractivity contribution in [2.75, 3.05) is 23.7 Å². The molecule has 0 radical (unpaired) electrons. The highest BCUT2D eigenvalue weighted by atomic mass is 15.4. The third kappa shape index (κ3) is 2.60. The topological polar surface area (TPSA) is 66.3 Å². The molecule has 6 nitrogen and oxygen atoms in total. The molecule has 0 spiro atoms. The van der Waals surface area contributed by atoms with Crippen LogP contribution >= 0.6 is 0 Å². The standard InChI is InChI=1S/C16H18N6.H2/c1-2-5-12(6-3-1)19-16-20-15-8-4-7-14(22(15)21-16)18-13-9-10-17-11-13;/h1-8,13,17-18H,9-11H2,(H,19,21);1H/t13-;/m0./s1. The molecule has 1 atom stereocenters. The first-order chi connectivity index (χ1) is 10.9. The van der Waals surface area contributed by atoms with Crippen molar-refractivity contribution < 1.29 is 1.43 Å². The molecule has 0 amide bonds. The van der Waals surface area contributed by atoms with Crippen LogP contribution in [-0.2, 0) is 0 Å². The Bertz CT molecular complexity index is 767. The van der Waals surface area contributed by atoms with Gasteiger partial charge < -0.3 is 16.0 Å². The summed E-state index contributed by atoms with van der Waals surface area (Å²) >= 11 is 0. The van der Waals surface area contributed by atoms with E-state index in [9.17, 15) is 0 Å². The van der Waals surface area contributed by atoms with E-state index in [1.807, 2.05) is 53.0 Å². The number of pyridine rings is 1. The Hall–Kier alpha value is -2.60. The number of benzene rings is 1. The van der Waals surface area contributed by atoms with Crippen LogP contribution in [0.15, 0.2) is 48.5 Å². The predicted octanol–water partition coefficient (Wildman–Crippen LogP) is 2.49. The van der Waals surface area contributed by atoms with Crippen LogP contribution in [0.3, 0.4) is 0 Å². The smallest absolute Gasteiger partial charge is 0.247 e. The maximum absolute atomic E-state index is 4.56. The van der Waals surface area contributed by atoms with Gasteiger partial charge in [-0.25, -0.2) is 0 Å². The van der Waals surface area contributed by atoms with Gasteiger partial charge in [0, 0.05) is 19.7 Å². The Morgan fingerprint density at radius 2 is 2.05 bits per heavy atom. The molecule has 22 heavy (non-hydrogen) atoms. The van der Waals surface area contributed by atoms with Gasteiger partial charge in [-0.2, -0.15) is 9.50 Å². The van der Waals surface area contributed by atoms with Gasteiger partial charge in [-0.1, -0.05) is 24.3 Å². The minimum Gasteiger partial charge on any atom is -0.366 e. The molecule has 1 aromatic carbocycles. The number of hydrogen-bond acceptors (Lipinski definition) is 5. The van der Waals surface area contributed by atoms with E-state index in [2.05, 4.69) is 26.0 Å². The molecule has 3 N–H and O–H groups in total. The van der Waals surface area contributed by atoms with Crippen LogP contribution in [0.5, 0.6) is 0 Å². The largest absolute Gasteiger partial charge is 0.366 e. The molecule has 1 fully saturated rings. The predicted molar refractivity (Wildman–Crippen MR) is 89.7 cm³/mol. The van der Waals surface area contributed by atoms with Crippen LogP contribution in [0.25, 0.3) is 5.65 Å². The zero-order valence-electron chi connectivity index (χ0n) is 12.2. The van der Waals surface area contributed by atoms with E-state index in [1.165, 1.54) is 0 Å². The van der Waals surface area contributed by atoms with Crippen molar-refractivity contribution in [2.24, 2.45) is 0 Å². The molecule has 114 valence electrons. The Kier molecular flexibility index (Phi) is 3.36. The lowest BCUT2D eigenvalue weighted by atomic mass is 10.2. The number of nitrogens with zero attached hydrogens (tertiary/aromatic N) is 3. The SMILES string of the molecule is [HH].c1ccc(Nc2nc3cccc(N[C@H]4CCNC4)n3n2)cc1. The van der Waals surface area contributed by atoms with E-state index >= 15 is 0 Å². The van der Waals surface area contributed by atoms with Gasteiger partial charge in [0.05, 0.1) is 0 Å². The lowest BCUT2D eigenvalue weighted by Crippen LogP contribution is -2.23. The van der Waals surface area contributed by atoms with Crippen molar-refractivity contribution in [3.8, 4) is 0 Å². The fraction of sp³-hybridized carbons (Fsp3) is 0.250. The summed E-state index contributed by atoms with van der Waals surface area (Å²) in [5, 5.41) is 14.7. The van der Waals surface area contributed by atoms with Crippen LogP contribution in [0.2, 0.25) is 0 Å². The van der Waals surface area contributed by atoms with Gasteiger partial charge in [0.2, 0.25) is 5.95 Å². The van der Waals surface area contributed by atoms with Gasteiger partial charge in [0.1, 0.15) is 5.82 Å². The summed E-state index contributed by atoms with van der Waals surface area (Å²) < 4.78 is 1.85. The van der Waals surface area contributed by atoms with Crippen LogP contribution in [-0.4, -0.2) is 33.7 Å². The van der Waals surface area contributed by atoms with Gasteiger partial charge in [0.15, 0.2) is 5.65 Å². The van der Waals surface area contributed by atoms with Gasteiger partial charge in [-0.3, -0.25) is 0 Å². The molecule has 0 aliphatic carbocycles. The van der Waals surface area contributed by atoms with Gasteiger partial charge in [-0.05, 0) is 37.2 Å². The number of hydrogen-bond donors (Lipinski definition) is 3. The van der Waals surface area contributed by atoms with Crippen molar-refractivity contribution in [2.45, 2.75) is 12.5 Å². The molecule has 0 saturated carbocycles. The maximum atomic E-state index is 4.56. The summed E-state index contributed by atoms with van der Waals surface area (Å²) in [6.07, 6.45) is 1.13. The van der Waals surface area contributed by atoms with Crippen molar-refractivity contribution >= 4 is 23.1 Å². The zero-order valence-corrected chi connectivity index (χ0v) is 12.2. The minimum atomic E-state index is 0. The number of para-hydroxylation sites is 1. The minimum absolute atomic E-state index is 0. The Morgan fingerprint density at radius 3 is 2.86 bits per heavy atom. The summed E-state index contributed by atoms with van der Waals surface area (Å²) in [6.45, 7) is 2.05. The fourth-order valence-electron chi connectivity index (χ4n) is 2.71. The Balaban J connectivity index is 0.00000156. The van der Waals surface area contributed by atoms with E-state index in [4.69, 9.17) is 0 Å². The highest BCUT2D eigenvalue weighted by molar-refractivity contribution is 5.57. The molecule has 2 aromatic heterocycles. The van der Waals surface area contributed by atoms with Crippen molar-refractivity contribution in [1.82, 2.24) is 19.9 Å². The summed E-state index contributed by atoms with van der Waals surface area (Å²) in [4.78, 5) is 4.53. The first kappa shape index (κ1) is 13.1. The molecule has 6 heteroatoms. The third-order valence-corrected chi connectivity index (χ3v) is 3.80. The second-order valence-electron chi connectivity index (χ2n) is 5.44. The van der Waals surface area contributed by atoms with Crippen LogP contribution in [0.4, 0.5) is 17.5 Å². The maximum Gasteiger partial charge on any atom is 0.247 e. The summed E-state index contributed by atoms with van der Waals surface area (Å²) in [7, 11) is 0. The van der Waals surface area contributed by atoms with E-state index in [1.54, 1.807) is 0 Å². The number of fused-ring (bicyclic) bond motifs is 1. The number of nitrogens with one attached hydrogen (secondary N) is 3. The molecule has 4 rings (SSSR count). The Labute approximate surface area is 130 Å². The number of anilines is 3. The normalized spacial score (nSPS) is 17.7. The zero-order chi connectivity index (χ0) is 14.8. The van der Waals surface area contributed by atoms with Gasteiger partial charge >= 0.3 is 0 Å². The van der Waals surface area contributed by atoms with Crippen LogP contribution in [0, 0.1) is 0 Å². The molecule has 1 aliphatic rings. The van der Waals surface area contributed by atoms with Crippen molar-refractivity contribution in [3.05, 3.63) is 48.5 Å². The summed E-state index contributed by atoms with van der Waals surface area (Å²) in [5.41, 5.74) is 1.81. The monoisotopic (exact) mass is 296 g/mol. The first-order valence-electron chi connectivity index (χ1n) is 7.54. The van der Waals surface area contributed by atoms with Crippen molar-refractivity contribution in [3.63, 3.8) is 0 Å². The second-order valence-corrected chi connectivity index (χ2v) is 5.44. The second kappa shape index (κ2) is 5.65. The van der Waals surface area contributed by atoms with E-state index in [0.717, 1.165) is 36.7 Å². The molecule has 1 saturated heterocycles. The van der Waals surface area contributed by atoms with Gasteiger partial charge in [0.25, 0.3) is 0 Å². The van der Waals surface area contributed by atoms with Gasteiger partial charge in [-0.15, -0.1) is 5.10 Å². The number of rotatable bonds is 4. The molecule has 0 unspecified atom stereocenters. The number of aromatic nitrogens is 3. The first-order valence-corrected chi connectivity index (χ1v) is 7.54. The average Bonchev–Trinajstić information content (AvgIpc) is 3.18. The lowest BCUT2D eigenvalue weighted by molar-refractivity contribution is 0.777.